The Morgan fingerprint density at radius 3 is 2.44 bits per heavy atom. The van der Waals surface area contributed by atoms with Crippen molar-refractivity contribution in [1.82, 2.24) is 9.80 Å². The molecule has 204 valence electrons. The first-order valence-electron chi connectivity index (χ1n) is 14.3. The molecule has 0 saturated carbocycles. The molecule has 0 radical (unpaired) electrons. The third-order valence-electron chi connectivity index (χ3n) is 9.29. The first-order valence-corrected chi connectivity index (χ1v) is 14.3. The lowest BCUT2D eigenvalue weighted by molar-refractivity contribution is -0.144. The van der Waals surface area contributed by atoms with Crippen LogP contribution in [-0.2, 0) is 20.8 Å². The normalized spacial score (nSPS) is 28.3. The molecule has 6 rings (SSSR count). The van der Waals surface area contributed by atoms with E-state index in [-0.39, 0.29) is 41.4 Å². The number of nitrogens with zero attached hydrogens (tertiary/aromatic N) is 2. The van der Waals surface area contributed by atoms with Gasteiger partial charge in [0.1, 0.15) is 5.75 Å². The van der Waals surface area contributed by atoms with Crippen LogP contribution in [0.4, 0.5) is 0 Å². The molecule has 2 aromatic rings. The van der Waals surface area contributed by atoms with Crippen LogP contribution in [0.3, 0.4) is 0 Å². The molecule has 2 aromatic carbocycles. The number of aromatic hydroxyl groups is 1. The second-order valence-electron chi connectivity index (χ2n) is 11.9. The van der Waals surface area contributed by atoms with Crippen molar-refractivity contribution in [3.8, 4) is 5.75 Å². The number of piperidine rings is 1. The quantitative estimate of drug-likeness (QED) is 0.449. The van der Waals surface area contributed by atoms with Gasteiger partial charge in [-0.2, -0.15) is 0 Å². The van der Waals surface area contributed by atoms with Crippen molar-refractivity contribution < 1.29 is 24.4 Å². The van der Waals surface area contributed by atoms with E-state index < -0.39 is 19.1 Å². The summed E-state index contributed by atoms with van der Waals surface area (Å²) in [5.74, 6) is -0.988. The van der Waals surface area contributed by atoms with Gasteiger partial charge in [-0.1, -0.05) is 61.9 Å². The Morgan fingerprint density at radius 1 is 1.00 bits per heavy atom. The highest BCUT2D eigenvalue weighted by Gasteiger charge is 2.59. The predicted molar refractivity (Wildman–Crippen MR) is 148 cm³/mol. The Hall–Kier alpha value is -2.94. The molecule has 0 aromatic heterocycles. The molecule has 3 saturated heterocycles. The number of allylic oxidation sites excluding steroid dienone is 2. The van der Waals surface area contributed by atoms with E-state index in [1.54, 1.807) is 23.1 Å². The highest BCUT2D eigenvalue weighted by Crippen LogP contribution is 2.53. The molecule has 0 spiro atoms. The van der Waals surface area contributed by atoms with Gasteiger partial charge in [-0.3, -0.25) is 19.4 Å². The average molecular weight is 528 g/mol. The molecule has 3 heterocycles. The van der Waals surface area contributed by atoms with E-state index in [4.69, 9.17) is 4.65 Å². The van der Waals surface area contributed by atoms with E-state index in [0.29, 0.717) is 12.8 Å². The highest BCUT2D eigenvalue weighted by atomic mass is 16.5. The molecule has 39 heavy (non-hydrogen) atoms. The summed E-state index contributed by atoms with van der Waals surface area (Å²) in [5.41, 5.74) is 3.88. The van der Waals surface area contributed by atoms with Gasteiger partial charge in [-0.25, -0.2) is 0 Å². The molecular formula is C31H37BN2O5. The third kappa shape index (κ3) is 4.83. The fraction of sp³-hybridized carbons (Fsp3) is 0.484. The predicted octanol–water partition coefficient (Wildman–Crippen LogP) is 4.11. The Balaban J connectivity index is 1.23. The summed E-state index contributed by atoms with van der Waals surface area (Å²) in [4.78, 5) is 31.9. The SMILES string of the molecule is CC(C)C1=C2B(O)O[C@H](c3cccc(O)c3)C[C@H]2[C@H]2C(=O)N(C3CCN(Cc4ccccc4)CC3)C(=O)[C@H]2C1. The maximum absolute atomic E-state index is 14.1. The second-order valence-corrected chi connectivity index (χ2v) is 11.9. The maximum Gasteiger partial charge on any atom is 0.487 e. The number of carbonyl (C=O) groups is 2. The maximum atomic E-state index is 14.1. The number of imide groups is 1. The van der Waals surface area contributed by atoms with Gasteiger partial charge < -0.3 is 14.8 Å². The highest BCUT2D eigenvalue weighted by molar-refractivity contribution is 6.53. The second kappa shape index (κ2) is 10.6. The summed E-state index contributed by atoms with van der Waals surface area (Å²) in [7, 11) is -1.13. The van der Waals surface area contributed by atoms with Crippen molar-refractivity contribution in [2.24, 2.45) is 23.7 Å². The van der Waals surface area contributed by atoms with Crippen molar-refractivity contribution in [1.29, 1.82) is 0 Å². The number of amides is 2. The Morgan fingerprint density at radius 2 is 1.74 bits per heavy atom. The van der Waals surface area contributed by atoms with Crippen LogP contribution in [0.15, 0.2) is 65.6 Å². The summed E-state index contributed by atoms with van der Waals surface area (Å²) in [6.07, 6.45) is 2.09. The topological polar surface area (TPSA) is 90.3 Å². The number of hydrogen-bond donors (Lipinski definition) is 2. The van der Waals surface area contributed by atoms with Crippen LogP contribution in [0, 0.1) is 23.7 Å². The number of phenolic OH excluding ortho intramolecular Hbond substituents is 1. The summed E-state index contributed by atoms with van der Waals surface area (Å²) >= 11 is 0. The number of hydrogen-bond acceptors (Lipinski definition) is 6. The number of likely N-dealkylation sites (tertiary alicyclic amines) is 2. The Bertz CT molecular complexity index is 1270. The average Bonchev–Trinajstić information content (AvgIpc) is 3.18. The van der Waals surface area contributed by atoms with Crippen molar-refractivity contribution in [3.63, 3.8) is 0 Å². The molecule has 7 nitrogen and oxygen atoms in total. The Labute approximate surface area is 230 Å². The zero-order valence-corrected chi connectivity index (χ0v) is 22.7. The number of benzene rings is 2. The van der Waals surface area contributed by atoms with Crippen molar-refractivity contribution >= 4 is 18.9 Å². The van der Waals surface area contributed by atoms with Gasteiger partial charge in [0.05, 0.1) is 17.9 Å². The van der Waals surface area contributed by atoms with Crippen LogP contribution in [0.1, 0.15) is 56.8 Å². The summed E-state index contributed by atoms with van der Waals surface area (Å²) in [5, 5.41) is 21.2. The van der Waals surface area contributed by atoms with E-state index >= 15 is 0 Å². The summed E-state index contributed by atoms with van der Waals surface area (Å²) in [6.45, 7) is 6.73. The Kier molecular flexibility index (Phi) is 7.12. The van der Waals surface area contributed by atoms with E-state index in [2.05, 4.69) is 43.0 Å². The van der Waals surface area contributed by atoms with Crippen LogP contribution in [0.25, 0.3) is 0 Å². The molecule has 2 N–H and O–H groups in total. The van der Waals surface area contributed by atoms with Gasteiger partial charge >= 0.3 is 7.12 Å². The third-order valence-corrected chi connectivity index (χ3v) is 9.29. The lowest BCUT2D eigenvalue weighted by atomic mass is 9.54. The van der Waals surface area contributed by atoms with Gasteiger partial charge in [0.2, 0.25) is 11.8 Å². The van der Waals surface area contributed by atoms with E-state index in [9.17, 15) is 19.7 Å². The molecule has 3 aliphatic heterocycles. The molecule has 4 atom stereocenters. The standard InChI is InChI=1S/C31H37BN2O5/c1-19(2)24-16-26-28(25-17-27(39-32(38)29(24)25)21-9-6-10-23(35)15-21)31(37)34(30(26)36)22-11-13-33(14-12-22)18-20-7-4-3-5-8-20/h3-10,15,19,22,25-28,35,38H,11-14,16-18H2,1-2H3/t25-,26-,27-,28+/m0/s1. The molecule has 3 fully saturated rings. The lowest BCUT2D eigenvalue weighted by Crippen LogP contribution is -2.48. The van der Waals surface area contributed by atoms with Crippen LogP contribution in [0.2, 0.25) is 0 Å². The van der Waals surface area contributed by atoms with E-state index in [1.807, 2.05) is 12.1 Å². The molecule has 2 amide bonds. The number of rotatable bonds is 5. The van der Waals surface area contributed by atoms with Crippen molar-refractivity contribution in [3.05, 3.63) is 76.8 Å². The molecule has 8 heteroatoms. The van der Waals surface area contributed by atoms with Gasteiger partial charge in [0, 0.05) is 25.7 Å². The molecule has 0 bridgehead atoms. The van der Waals surface area contributed by atoms with Crippen LogP contribution < -0.4 is 0 Å². The molecule has 1 aliphatic carbocycles. The first-order chi connectivity index (χ1) is 18.8. The lowest BCUT2D eigenvalue weighted by Gasteiger charge is -2.43. The van der Waals surface area contributed by atoms with Crippen molar-refractivity contribution in [2.75, 3.05) is 13.1 Å². The van der Waals surface area contributed by atoms with Gasteiger partial charge in [0.15, 0.2) is 0 Å². The molecule has 4 aliphatic rings. The number of fused-ring (bicyclic) bond motifs is 3. The first kappa shape index (κ1) is 26.3. The van der Waals surface area contributed by atoms with E-state index in [0.717, 1.165) is 49.1 Å². The fourth-order valence-corrected chi connectivity index (χ4v) is 7.40. The van der Waals surface area contributed by atoms with Gasteiger partial charge in [-0.05, 0) is 66.3 Å². The minimum absolute atomic E-state index is 0.0430. The van der Waals surface area contributed by atoms with Gasteiger partial charge in [0.25, 0.3) is 0 Å². The largest absolute Gasteiger partial charge is 0.508 e. The molecule has 0 unspecified atom stereocenters. The number of carbonyl (C=O) groups excluding carboxylic acids is 2. The van der Waals surface area contributed by atoms with Crippen LogP contribution in [-0.4, -0.2) is 58.0 Å². The van der Waals surface area contributed by atoms with E-state index in [1.165, 1.54) is 5.56 Å². The zero-order valence-electron chi connectivity index (χ0n) is 22.7. The number of phenols is 1. The van der Waals surface area contributed by atoms with Crippen LogP contribution in [0.5, 0.6) is 5.75 Å². The minimum Gasteiger partial charge on any atom is -0.508 e. The zero-order chi connectivity index (χ0) is 27.3. The van der Waals surface area contributed by atoms with Gasteiger partial charge in [-0.15, -0.1) is 0 Å². The van der Waals surface area contributed by atoms with Crippen molar-refractivity contribution in [2.45, 2.75) is 58.2 Å². The molecular weight excluding hydrogens is 491 g/mol. The minimum atomic E-state index is -1.13. The fourth-order valence-electron chi connectivity index (χ4n) is 7.40. The smallest absolute Gasteiger partial charge is 0.487 e. The van der Waals surface area contributed by atoms with Crippen LogP contribution >= 0.6 is 0 Å². The summed E-state index contributed by atoms with van der Waals surface area (Å²) < 4.78 is 6.06. The monoisotopic (exact) mass is 528 g/mol. The summed E-state index contributed by atoms with van der Waals surface area (Å²) in [6, 6.07) is 17.2.